The van der Waals surface area contributed by atoms with Gasteiger partial charge in [0.1, 0.15) is 0 Å². The van der Waals surface area contributed by atoms with Crippen molar-refractivity contribution >= 4 is 0 Å². The number of piperazine rings is 1. The van der Waals surface area contributed by atoms with Gasteiger partial charge in [-0.3, -0.25) is 4.90 Å². The normalized spacial score (nSPS) is 50.7. The lowest BCUT2D eigenvalue weighted by Crippen LogP contribution is -2.59. The number of fused-ring (bicyclic) bond motifs is 5. The Bertz CT molecular complexity index is 350. The lowest BCUT2D eigenvalue weighted by atomic mass is 9.95. The van der Waals surface area contributed by atoms with Gasteiger partial charge in [-0.2, -0.15) is 0 Å². The third-order valence-corrected chi connectivity index (χ3v) is 6.96. The number of hydrogen-bond acceptors (Lipinski definition) is 2. The van der Waals surface area contributed by atoms with Crippen LogP contribution in [-0.2, 0) is 0 Å². The summed E-state index contributed by atoms with van der Waals surface area (Å²) in [7, 11) is 0. The highest BCUT2D eigenvalue weighted by molar-refractivity contribution is 5.18. The van der Waals surface area contributed by atoms with Gasteiger partial charge in [-0.25, -0.2) is 0 Å². The third kappa shape index (κ3) is 1.98. The zero-order chi connectivity index (χ0) is 13.9. The second kappa shape index (κ2) is 4.98. The van der Waals surface area contributed by atoms with Crippen LogP contribution in [0.4, 0.5) is 0 Å². The fourth-order valence-electron chi connectivity index (χ4n) is 6.08. The van der Waals surface area contributed by atoms with Crippen molar-refractivity contribution in [3.8, 4) is 0 Å². The molecule has 0 radical (unpaired) electrons. The molecule has 4 rings (SSSR count). The van der Waals surface area contributed by atoms with Crippen LogP contribution in [0.1, 0.15) is 52.9 Å². The molecule has 3 saturated carbocycles. The maximum atomic E-state index is 3.83. The predicted molar refractivity (Wildman–Crippen MR) is 83.6 cm³/mol. The maximum Gasteiger partial charge on any atom is 0.0247 e. The van der Waals surface area contributed by atoms with Crippen molar-refractivity contribution in [1.29, 1.82) is 0 Å². The summed E-state index contributed by atoms with van der Waals surface area (Å²) in [5.74, 6) is 5.24. The Balaban J connectivity index is 1.49. The van der Waals surface area contributed by atoms with E-state index in [2.05, 4.69) is 31.0 Å². The number of nitrogens with one attached hydrogen (secondary N) is 1. The SMILES string of the molecule is CCCC1CN(C2C3C4CCC(C4)C32)C(C(C)C)CN1. The number of nitrogens with zero attached hydrogens (tertiary/aromatic N) is 1. The minimum atomic E-state index is 0.758. The molecule has 20 heavy (non-hydrogen) atoms. The van der Waals surface area contributed by atoms with Crippen LogP contribution in [0.3, 0.4) is 0 Å². The van der Waals surface area contributed by atoms with E-state index >= 15 is 0 Å². The summed E-state index contributed by atoms with van der Waals surface area (Å²) >= 11 is 0. The van der Waals surface area contributed by atoms with Gasteiger partial charge in [-0.1, -0.05) is 27.2 Å². The molecule has 6 atom stereocenters. The smallest absolute Gasteiger partial charge is 0.0247 e. The van der Waals surface area contributed by atoms with Crippen LogP contribution in [0.2, 0.25) is 0 Å². The first-order valence-electron chi connectivity index (χ1n) is 9.19. The molecule has 6 unspecified atom stereocenters. The lowest BCUT2D eigenvalue weighted by Gasteiger charge is -2.44. The van der Waals surface area contributed by atoms with Crippen LogP contribution in [0, 0.1) is 29.6 Å². The lowest BCUT2D eigenvalue weighted by molar-refractivity contribution is 0.0710. The Morgan fingerprint density at radius 2 is 1.85 bits per heavy atom. The van der Waals surface area contributed by atoms with Crippen molar-refractivity contribution in [1.82, 2.24) is 10.2 Å². The van der Waals surface area contributed by atoms with Gasteiger partial charge in [0.2, 0.25) is 0 Å². The molecular formula is C18H32N2. The Labute approximate surface area is 124 Å². The second-order valence-corrected chi connectivity index (χ2v) is 8.38. The molecule has 4 aliphatic rings. The van der Waals surface area contributed by atoms with Crippen LogP contribution in [0.15, 0.2) is 0 Å². The first-order valence-corrected chi connectivity index (χ1v) is 9.19. The first kappa shape index (κ1) is 13.6. The fourth-order valence-corrected chi connectivity index (χ4v) is 6.08. The Kier molecular flexibility index (Phi) is 3.38. The summed E-state index contributed by atoms with van der Waals surface area (Å²) in [6, 6.07) is 2.53. The minimum Gasteiger partial charge on any atom is -0.311 e. The quantitative estimate of drug-likeness (QED) is 0.848. The highest BCUT2D eigenvalue weighted by Gasteiger charge is 2.67. The molecule has 3 aliphatic carbocycles. The summed E-state index contributed by atoms with van der Waals surface area (Å²) < 4.78 is 0. The Hall–Kier alpha value is -0.0800. The zero-order valence-corrected chi connectivity index (χ0v) is 13.5. The van der Waals surface area contributed by atoms with Gasteiger partial charge in [0.05, 0.1) is 0 Å². The Morgan fingerprint density at radius 3 is 2.45 bits per heavy atom. The summed E-state index contributed by atoms with van der Waals surface area (Å²) in [5, 5.41) is 3.83. The molecule has 0 aromatic carbocycles. The van der Waals surface area contributed by atoms with E-state index in [1.807, 2.05) is 0 Å². The summed E-state index contributed by atoms with van der Waals surface area (Å²) in [4.78, 5) is 2.97. The summed E-state index contributed by atoms with van der Waals surface area (Å²) in [5.41, 5.74) is 0. The van der Waals surface area contributed by atoms with Crippen LogP contribution >= 0.6 is 0 Å². The molecule has 0 amide bonds. The zero-order valence-electron chi connectivity index (χ0n) is 13.5. The average Bonchev–Trinajstić information content (AvgIpc) is 2.86. The molecule has 0 aromatic heterocycles. The van der Waals surface area contributed by atoms with Crippen molar-refractivity contribution in [2.45, 2.75) is 71.0 Å². The van der Waals surface area contributed by atoms with E-state index < -0.39 is 0 Å². The fraction of sp³-hybridized carbons (Fsp3) is 1.00. The van der Waals surface area contributed by atoms with E-state index in [1.165, 1.54) is 25.9 Å². The third-order valence-electron chi connectivity index (χ3n) is 6.96. The molecular weight excluding hydrogens is 244 g/mol. The van der Waals surface area contributed by atoms with Crippen molar-refractivity contribution in [2.24, 2.45) is 29.6 Å². The molecule has 1 N–H and O–H groups in total. The topological polar surface area (TPSA) is 15.3 Å². The van der Waals surface area contributed by atoms with Gasteiger partial charge in [0.25, 0.3) is 0 Å². The van der Waals surface area contributed by atoms with E-state index in [0.717, 1.165) is 47.7 Å². The molecule has 0 aromatic rings. The molecule has 1 heterocycles. The van der Waals surface area contributed by atoms with E-state index in [-0.39, 0.29) is 0 Å². The van der Waals surface area contributed by atoms with Gasteiger partial charge in [0.15, 0.2) is 0 Å². The standard InChI is InChI=1S/C18H32N2/c1-4-5-14-10-20(15(9-19-14)11(2)3)18-16-12-6-7-13(8-12)17(16)18/h11-19H,4-10H2,1-3H3. The molecule has 1 saturated heterocycles. The van der Waals surface area contributed by atoms with Crippen molar-refractivity contribution < 1.29 is 0 Å². The van der Waals surface area contributed by atoms with Crippen molar-refractivity contribution in [3.63, 3.8) is 0 Å². The van der Waals surface area contributed by atoms with Crippen LogP contribution < -0.4 is 5.32 Å². The second-order valence-electron chi connectivity index (χ2n) is 8.38. The summed E-state index contributed by atoms with van der Waals surface area (Å²) in [6.45, 7) is 9.73. The van der Waals surface area contributed by atoms with E-state index in [1.54, 1.807) is 19.3 Å². The Morgan fingerprint density at radius 1 is 1.15 bits per heavy atom. The molecule has 0 spiro atoms. The van der Waals surface area contributed by atoms with Crippen LogP contribution in [0.25, 0.3) is 0 Å². The van der Waals surface area contributed by atoms with Crippen LogP contribution in [-0.4, -0.2) is 36.1 Å². The van der Waals surface area contributed by atoms with E-state index in [0.29, 0.717) is 0 Å². The molecule has 2 heteroatoms. The monoisotopic (exact) mass is 276 g/mol. The molecule has 114 valence electrons. The van der Waals surface area contributed by atoms with E-state index in [9.17, 15) is 0 Å². The minimum absolute atomic E-state index is 0.758. The average molecular weight is 276 g/mol. The van der Waals surface area contributed by atoms with Gasteiger partial charge in [-0.05, 0) is 55.3 Å². The highest BCUT2D eigenvalue weighted by Crippen LogP contribution is 2.67. The first-order chi connectivity index (χ1) is 9.70. The number of hydrogen-bond donors (Lipinski definition) is 1. The summed E-state index contributed by atoms with van der Waals surface area (Å²) in [6.07, 6.45) is 7.37. The predicted octanol–water partition coefficient (Wildman–Crippen LogP) is 3.13. The van der Waals surface area contributed by atoms with Gasteiger partial charge in [-0.15, -0.1) is 0 Å². The molecule has 2 nitrogen and oxygen atoms in total. The van der Waals surface area contributed by atoms with Crippen molar-refractivity contribution in [2.75, 3.05) is 13.1 Å². The largest absolute Gasteiger partial charge is 0.311 e. The molecule has 2 bridgehead atoms. The highest BCUT2D eigenvalue weighted by atomic mass is 15.3. The van der Waals surface area contributed by atoms with Gasteiger partial charge >= 0.3 is 0 Å². The van der Waals surface area contributed by atoms with Crippen LogP contribution in [0.5, 0.6) is 0 Å². The molecule has 4 fully saturated rings. The van der Waals surface area contributed by atoms with E-state index in [4.69, 9.17) is 0 Å². The van der Waals surface area contributed by atoms with Gasteiger partial charge in [0, 0.05) is 31.2 Å². The maximum absolute atomic E-state index is 3.83. The number of rotatable bonds is 4. The molecule has 1 aliphatic heterocycles. The van der Waals surface area contributed by atoms with Crippen molar-refractivity contribution in [3.05, 3.63) is 0 Å². The van der Waals surface area contributed by atoms with Gasteiger partial charge < -0.3 is 5.32 Å².